The number of nitrogens with one attached hydrogen (secondary N) is 2. The number of benzene rings is 2. The van der Waals surface area contributed by atoms with Crippen molar-refractivity contribution >= 4 is 17.3 Å². The maximum Gasteiger partial charge on any atom is 0.243 e. The molecular formula is C18H22N2O3. The Morgan fingerprint density at radius 3 is 2.43 bits per heavy atom. The number of carbonyl (C=O) groups is 1. The zero-order valence-corrected chi connectivity index (χ0v) is 13.9. The molecule has 122 valence electrons. The predicted octanol–water partition coefficient (Wildman–Crippen LogP) is 3.37. The van der Waals surface area contributed by atoms with Crippen molar-refractivity contribution in [2.45, 2.75) is 13.8 Å². The van der Waals surface area contributed by atoms with Crippen LogP contribution in [0.1, 0.15) is 11.1 Å². The van der Waals surface area contributed by atoms with Gasteiger partial charge in [-0.2, -0.15) is 0 Å². The molecule has 2 aromatic rings. The third-order valence-corrected chi connectivity index (χ3v) is 3.50. The number of carbonyl (C=O) groups excluding carboxylic acids is 1. The van der Waals surface area contributed by atoms with Crippen LogP contribution in [-0.4, -0.2) is 26.7 Å². The molecule has 0 saturated heterocycles. The van der Waals surface area contributed by atoms with Gasteiger partial charge in [0.25, 0.3) is 0 Å². The largest absolute Gasteiger partial charge is 0.497 e. The Labute approximate surface area is 136 Å². The lowest BCUT2D eigenvalue weighted by atomic mass is 10.1. The summed E-state index contributed by atoms with van der Waals surface area (Å²) in [6, 6.07) is 11.3. The van der Waals surface area contributed by atoms with E-state index in [1.165, 1.54) is 5.56 Å². The van der Waals surface area contributed by atoms with Crippen LogP contribution in [0, 0.1) is 13.8 Å². The summed E-state index contributed by atoms with van der Waals surface area (Å²) in [5.41, 5.74) is 3.83. The van der Waals surface area contributed by atoms with Crippen LogP contribution in [0.2, 0.25) is 0 Å². The second-order valence-electron chi connectivity index (χ2n) is 5.29. The summed E-state index contributed by atoms with van der Waals surface area (Å²) in [7, 11) is 3.14. The van der Waals surface area contributed by atoms with Gasteiger partial charge in [-0.1, -0.05) is 17.7 Å². The minimum atomic E-state index is -0.156. The fourth-order valence-corrected chi connectivity index (χ4v) is 2.29. The molecule has 23 heavy (non-hydrogen) atoms. The molecule has 2 N–H and O–H groups in total. The second kappa shape index (κ2) is 7.54. The first-order valence-corrected chi connectivity index (χ1v) is 7.36. The van der Waals surface area contributed by atoms with Crippen molar-refractivity contribution in [2.24, 2.45) is 0 Å². The van der Waals surface area contributed by atoms with Crippen LogP contribution in [-0.2, 0) is 4.79 Å². The van der Waals surface area contributed by atoms with Crippen LogP contribution in [0.5, 0.6) is 11.5 Å². The maximum atomic E-state index is 12.2. The molecule has 0 spiro atoms. The minimum absolute atomic E-state index is 0.156. The van der Waals surface area contributed by atoms with Crippen molar-refractivity contribution in [1.29, 1.82) is 0 Å². The van der Waals surface area contributed by atoms with Crippen LogP contribution in [0.4, 0.5) is 11.4 Å². The normalized spacial score (nSPS) is 10.1. The van der Waals surface area contributed by atoms with Gasteiger partial charge in [0.05, 0.1) is 26.5 Å². The van der Waals surface area contributed by atoms with Gasteiger partial charge in [-0.05, 0) is 37.6 Å². The van der Waals surface area contributed by atoms with E-state index in [4.69, 9.17) is 9.47 Å². The summed E-state index contributed by atoms with van der Waals surface area (Å²) in [4.78, 5) is 12.2. The highest BCUT2D eigenvalue weighted by Gasteiger charge is 2.09. The lowest BCUT2D eigenvalue weighted by Crippen LogP contribution is -2.22. The van der Waals surface area contributed by atoms with Gasteiger partial charge >= 0.3 is 0 Å². The Kier molecular flexibility index (Phi) is 5.46. The van der Waals surface area contributed by atoms with Gasteiger partial charge in [0.15, 0.2) is 0 Å². The molecular weight excluding hydrogens is 292 g/mol. The maximum absolute atomic E-state index is 12.2. The fourth-order valence-electron chi connectivity index (χ4n) is 2.29. The van der Waals surface area contributed by atoms with E-state index in [2.05, 4.69) is 16.7 Å². The van der Waals surface area contributed by atoms with Crippen molar-refractivity contribution in [3.8, 4) is 11.5 Å². The van der Waals surface area contributed by atoms with Gasteiger partial charge in [0.2, 0.25) is 5.91 Å². The Morgan fingerprint density at radius 2 is 1.78 bits per heavy atom. The highest BCUT2D eigenvalue weighted by atomic mass is 16.5. The fraction of sp³-hybridized carbons (Fsp3) is 0.278. The Balaban J connectivity index is 2.02. The first-order chi connectivity index (χ1) is 11.0. The molecule has 0 heterocycles. The Hall–Kier alpha value is -2.69. The summed E-state index contributed by atoms with van der Waals surface area (Å²) in [6.45, 7) is 4.22. The molecule has 2 aromatic carbocycles. The number of hydrogen-bond donors (Lipinski definition) is 2. The van der Waals surface area contributed by atoms with Gasteiger partial charge in [-0.3, -0.25) is 4.79 Å². The molecule has 0 aliphatic heterocycles. The van der Waals surface area contributed by atoms with Crippen molar-refractivity contribution in [1.82, 2.24) is 0 Å². The second-order valence-corrected chi connectivity index (χ2v) is 5.29. The van der Waals surface area contributed by atoms with Crippen LogP contribution in [0.15, 0.2) is 36.4 Å². The molecule has 0 atom stereocenters. The topological polar surface area (TPSA) is 59.6 Å². The number of rotatable bonds is 6. The molecule has 0 unspecified atom stereocenters. The van der Waals surface area contributed by atoms with E-state index in [1.807, 2.05) is 26.0 Å². The zero-order valence-electron chi connectivity index (χ0n) is 13.9. The van der Waals surface area contributed by atoms with E-state index in [0.29, 0.717) is 17.2 Å². The molecule has 0 aromatic heterocycles. The number of hydrogen-bond acceptors (Lipinski definition) is 4. The van der Waals surface area contributed by atoms with Crippen LogP contribution in [0.3, 0.4) is 0 Å². The van der Waals surface area contributed by atoms with Crippen molar-refractivity contribution in [2.75, 3.05) is 31.4 Å². The highest BCUT2D eigenvalue weighted by molar-refractivity contribution is 5.95. The standard InChI is InChI=1S/C18H22N2O3/c1-12-5-7-15(13(2)9-12)19-11-18(21)20-16-10-14(22-3)6-8-17(16)23-4/h5-10,19H,11H2,1-4H3,(H,20,21). The Bertz CT molecular complexity index is 699. The molecule has 0 aliphatic carbocycles. The van der Waals surface area contributed by atoms with E-state index in [0.717, 1.165) is 11.3 Å². The summed E-state index contributed by atoms with van der Waals surface area (Å²) >= 11 is 0. The molecule has 0 fully saturated rings. The first-order valence-electron chi connectivity index (χ1n) is 7.36. The summed E-state index contributed by atoms with van der Waals surface area (Å²) in [5, 5.41) is 5.97. The van der Waals surface area contributed by atoms with E-state index >= 15 is 0 Å². The van der Waals surface area contributed by atoms with Gasteiger partial charge in [0, 0.05) is 11.8 Å². The molecule has 0 aliphatic rings. The number of anilines is 2. The number of methoxy groups -OCH3 is 2. The van der Waals surface area contributed by atoms with Crippen molar-refractivity contribution in [3.05, 3.63) is 47.5 Å². The van der Waals surface area contributed by atoms with Gasteiger partial charge in [0.1, 0.15) is 11.5 Å². The molecule has 0 radical (unpaired) electrons. The van der Waals surface area contributed by atoms with E-state index in [9.17, 15) is 4.79 Å². The average Bonchev–Trinajstić information content (AvgIpc) is 2.54. The predicted molar refractivity (Wildman–Crippen MR) is 92.6 cm³/mol. The van der Waals surface area contributed by atoms with Crippen LogP contribution >= 0.6 is 0 Å². The zero-order chi connectivity index (χ0) is 16.8. The lowest BCUT2D eigenvalue weighted by Gasteiger charge is -2.13. The third kappa shape index (κ3) is 4.39. The molecule has 0 bridgehead atoms. The van der Waals surface area contributed by atoms with E-state index < -0.39 is 0 Å². The third-order valence-electron chi connectivity index (χ3n) is 3.50. The summed E-state index contributed by atoms with van der Waals surface area (Å²) in [6.07, 6.45) is 0. The Morgan fingerprint density at radius 1 is 1.00 bits per heavy atom. The molecule has 5 nitrogen and oxygen atoms in total. The van der Waals surface area contributed by atoms with Gasteiger partial charge in [-0.15, -0.1) is 0 Å². The van der Waals surface area contributed by atoms with Crippen molar-refractivity contribution in [3.63, 3.8) is 0 Å². The number of aryl methyl sites for hydroxylation is 2. The lowest BCUT2D eigenvalue weighted by molar-refractivity contribution is -0.114. The van der Waals surface area contributed by atoms with E-state index in [1.54, 1.807) is 32.4 Å². The number of ether oxygens (including phenoxy) is 2. The van der Waals surface area contributed by atoms with Crippen molar-refractivity contribution < 1.29 is 14.3 Å². The quantitative estimate of drug-likeness (QED) is 0.858. The number of amides is 1. The summed E-state index contributed by atoms with van der Waals surface area (Å²) < 4.78 is 10.4. The minimum Gasteiger partial charge on any atom is -0.497 e. The first kappa shape index (κ1) is 16.7. The average molecular weight is 314 g/mol. The van der Waals surface area contributed by atoms with Crippen LogP contribution < -0.4 is 20.1 Å². The van der Waals surface area contributed by atoms with E-state index in [-0.39, 0.29) is 12.5 Å². The molecule has 1 amide bonds. The van der Waals surface area contributed by atoms with Gasteiger partial charge < -0.3 is 20.1 Å². The molecule has 2 rings (SSSR count). The smallest absolute Gasteiger partial charge is 0.243 e. The SMILES string of the molecule is COc1ccc(OC)c(NC(=O)CNc2ccc(C)cc2C)c1. The molecule has 0 saturated carbocycles. The van der Waals surface area contributed by atoms with Gasteiger partial charge in [-0.25, -0.2) is 0 Å². The van der Waals surface area contributed by atoms with Crippen LogP contribution in [0.25, 0.3) is 0 Å². The monoisotopic (exact) mass is 314 g/mol. The molecule has 5 heteroatoms. The highest BCUT2D eigenvalue weighted by Crippen LogP contribution is 2.28. The summed E-state index contributed by atoms with van der Waals surface area (Å²) in [5.74, 6) is 1.09.